The van der Waals surface area contributed by atoms with E-state index in [9.17, 15) is 0 Å². The van der Waals surface area contributed by atoms with Crippen molar-refractivity contribution in [3.8, 4) is 0 Å². The Morgan fingerprint density at radius 1 is 0.778 bits per heavy atom. The standard InChI is InChI=1S/C25H23N.W/c1-4-9-23(22-11-6-5-7-12-22)19-26(24-16-14-20(2)15-17-24)25-13-8-10-21(3)18-25;/h1,4-19H,2-3H3;. The molecular weight excluding hydrogens is 498 g/mol. The van der Waals surface area contributed by atoms with Gasteiger partial charge < -0.3 is 0 Å². The fraction of sp³-hybridized carbons (Fsp3) is 0.0800. The summed E-state index contributed by atoms with van der Waals surface area (Å²) in [6.45, 7) is 4.25. The van der Waals surface area contributed by atoms with Crippen LogP contribution in [0.5, 0.6) is 0 Å². The molecule has 0 fully saturated rings. The van der Waals surface area contributed by atoms with Crippen LogP contribution in [0.25, 0.3) is 5.57 Å². The zero-order chi connectivity index (χ0) is 19.1. The summed E-state index contributed by atoms with van der Waals surface area (Å²) >= 11 is 1.45. The van der Waals surface area contributed by atoms with Gasteiger partial charge in [-0.1, -0.05) is 0 Å². The molecule has 0 bridgehead atoms. The second-order valence-corrected chi connectivity index (χ2v) is 7.47. The number of nitrogens with zero attached hydrogens (tertiary/aromatic N) is 1. The number of allylic oxidation sites excluding steroid dienone is 3. The summed E-state index contributed by atoms with van der Waals surface area (Å²) in [7, 11) is 0. The van der Waals surface area contributed by atoms with Gasteiger partial charge in [0.15, 0.2) is 0 Å². The van der Waals surface area contributed by atoms with Crippen molar-refractivity contribution in [2.75, 3.05) is 4.90 Å². The molecule has 0 radical (unpaired) electrons. The van der Waals surface area contributed by atoms with E-state index in [0.29, 0.717) is 0 Å². The van der Waals surface area contributed by atoms with Gasteiger partial charge in [-0.15, -0.1) is 0 Å². The molecule has 0 atom stereocenters. The van der Waals surface area contributed by atoms with Crippen LogP contribution in [0.1, 0.15) is 16.7 Å². The molecule has 0 N–H and O–H groups in total. The first kappa shape index (κ1) is 19.3. The van der Waals surface area contributed by atoms with Crippen molar-refractivity contribution >= 4 is 21.3 Å². The summed E-state index contributed by atoms with van der Waals surface area (Å²) in [5, 5.41) is 0. The monoisotopic (exact) mass is 521 g/mol. The molecule has 0 unspecified atom stereocenters. The van der Waals surface area contributed by atoms with Gasteiger partial charge in [-0.3, -0.25) is 0 Å². The van der Waals surface area contributed by atoms with Crippen LogP contribution in [-0.2, 0) is 19.4 Å². The summed E-state index contributed by atoms with van der Waals surface area (Å²) in [5.74, 6) is 0. The molecule has 0 aliphatic carbocycles. The van der Waals surface area contributed by atoms with E-state index in [1.807, 2.05) is 0 Å². The molecule has 0 saturated carbocycles. The van der Waals surface area contributed by atoms with Gasteiger partial charge in [0.25, 0.3) is 0 Å². The van der Waals surface area contributed by atoms with Gasteiger partial charge in [-0.05, 0) is 0 Å². The molecule has 1 nitrogen and oxygen atoms in total. The molecule has 134 valence electrons. The third-order valence-corrected chi connectivity index (χ3v) is 4.89. The molecule has 0 heterocycles. The first-order chi connectivity index (χ1) is 13.2. The Hall–Kier alpha value is -2.50. The van der Waals surface area contributed by atoms with E-state index in [2.05, 4.69) is 120 Å². The summed E-state index contributed by atoms with van der Waals surface area (Å²) in [5.41, 5.74) is 7.20. The minimum atomic E-state index is 1.15. The second kappa shape index (κ2) is 9.44. The number of aryl methyl sites for hydroxylation is 2. The molecular formula is C25H23NW. The van der Waals surface area contributed by atoms with E-state index in [1.165, 1.54) is 41.6 Å². The molecule has 0 aromatic heterocycles. The summed E-state index contributed by atoms with van der Waals surface area (Å²) in [4.78, 5) is 2.27. The maximum absolute atomic E-state index is 2.27. The zero-order valence-corrected chi connectivity index (χ0v) is 18.6. The van der Waals surface area contributed by atoms with Crippen molar-refractivity contribution in [2.45, 2.75) is 13.8 Å². The summed E-state index contributed by atoms with van der Waals surface area (Å²) in [6.07, 6.45) is 6.53. The summed E-state index contributed by atoms with van der Waals surface area (Å²) in [6, 6.07) is 27.8. The predicted molar refractivity (Wildman–Crippen MR) is 114 cm³/mol. The molecule has 2 heteroatoms. The van der Waals surface area contributed by atoms with E-state index in [-0.39, 0.29) is 0 Å². The minimum absolute atomic E-state index is 1.15. The fourth-order valence-electron chi connectivity index (χ4n) is 2.91. The predicted octanol–water partition coefficient (Wildman–Crippen LogP) is 6.39. The van der Waals surface area contributed by atoms with Gasteiger partial charge in [-0.25, -0.2) is 0 Å². The summed E-state index contributed by atoms with van der Waals surface area (Å²) < 4.78 is 2.14. The molecule has 0 saturated heterocycles. The van der Waals surface area contributed by atoms with Crippen molar-refractivity contribution in [3.63, 3.8) is 0 Å². The average molecular weight is 521 g/mol. The number of anilines is 2. The van der Waals surface area contributed by atoms with Crippen LogP contribution in [0.2, 0.25) is 0 Å². The van der Waals surface area contributed by atoms with Crippen LogP contribution in [0.4, 0.5) is 11.4 Å². The molecule has 0 amide bonds. The van der Waals surface area contributed by atoms with Gasteiger partial charge in [0.05, 0.1) is 0 Å². The number of benzene rings is 3. The Morgan fingerprint density at radius 3 is 2.19 bits per heavy atom. The van der Waals surface area contributed by atoms with Crippen molar-refractivity contribution in [1.29, 1.82) is 0 Å². The Balaban J connectivity index is 2.15. The maximum atomic E-state index is 2.27. The van der Waals surface area contributed by atoms with Crippen LogP contribution in [0.15, 0.2) is 97.2 Å². The van der Waals surface area contributed by atoms with Gasteiger partial charge in [0.1, 0.15) is 0 Å². The zero-order valence-electron chi connectivity index (χ0n) is 15.7. The Bertz CT molecular complexity index is 953. The van der Waals surface area contributed by atoms with Crippen LogP contribution >= 0.6 is 0 Å². The van der Waals surface area contributed by atoms with Gasteiger partial charge >= 0.3 is 173 Å². The van der Waals surface area contributed by atoms with Crippen LogP contribution in [-0.4, -0.2) is 4.40 Å². The average Bonchev–Trinajstić information content (AvgIpc) is 2.70. The normalized spacial score (nSPS) is 11.6. The van der Waals surface area contributed by atoms with Crippen molar-refractivity contribution in [2.24, 2.45) is 0 Å². The molecule has 3 aromatic rings. The SMILES string of the molecule is Cc1ccc(N(C=C(C=C[CH]=[W])c2ccccc2)c2cccc(C)c2)cc1. The third kappa shape index (κ3) is 5.25. The Morgan fingerprint density at radius 2 is 1.52 bits per heavy atom. The van der Waals surface area contributed by atoms with Gasteiger partial charge in [0.2, 0.25) is 0 Å². The topological polar surface area (TPSA) is 3.24 Å². The molecule has 3 rings (SSSR count). The van der Waals surface area contributed by atoms with E-state index in [1.54, 1.807) is 0 Å². The van der Waals surface area contributed by atoms with E-state index in [4.69, 9.17) is 0 Å². The van der Waals surface area contributed by atoms with E-state index in [0.717, 1.165) is 11.4 Å². The van der Waals surface area contributed by atoms with Gasteiger partial charge in [0, 0.05) is 0 Å². The van der Waals surface area contributed by atoms with E-state index < -0.39 is 0 Å². The Kier molecular flexibility index (Phi) is 6.73. The van der Waals surface area contributed by atoms with E-state index >= 15 is 0 Å². The van der Waals surface area contributed by atoms with Crippen LogP contribution in [0, 0.1) is 13.8 Å². The molecule has 3 aromatic carbocycles. The second-order valence-electron chi connectivity index (χ2n) is 6.49. The van der Waals surface area contributed by atoms with Crippen molar-refractivity contribution < 1.29 is 19.4 Å². The molecule has 27 heavy (non-hydrogen) atoms. The molecule has 0 spiro atoms. The fourth-order valence-corrected chi connectivity index (χ4v) is 3.19. The van der Waals surface area contributed by atoms with Crippen LogP contribution in [0.3, 0.4) is 0 Å². The number of hydrogen-bond acceptors (Lipinski definition) is 1. The first-order valence-corrected chi connectivity index (χ1v) is 10.7. The molecule has 0 aliphatic rings. The quantitative estimate of drug-likeness (QED) is 0.340. The third-order valence-electron chi connectivity index (χ3n) is 4.32. The Labute approximate surface area is 173 Å². The van der Waals surface area contributed by atoms with Crippen molar-refractivity contribution in [1.82, 2.24) is 0 Å². The first-order valence-electron chi connectivity index (χ1n) is 8.99. The number of hydrogen-bond donors (Lipinski definition) is 0. The van der Waals surface area contributed by atoms with Crippen LogP contribution < -0.4 is 4.90 Å². The molecule has 0 aliphatic heterocycles. The van der Waals surface area contributed by atoms with Gasteiger partial charge in [-0.2, -0.15) is 0 Å². The number of rotatable bonds is 6. The van der Waals surface area contributed by atoms with Crippen molar-refractivity contribution in [3.05, 3.63) is 114 Å².